The molecule has 0 spiro atoms. The molecule has 2 heterocycles. The Balaban J connectivity index is 1.92. The van der Waals surface area contributed by atoms with E-state index < -0.39 is 23.6 Å². The number of likely N-dealkylation sites (tertiary alicyclic amines) is 1. The zero-order chi connectivity index (χ0) is 14.4. The Morgan fingerprint density at radius 1 is 1.40 bits per heavy atom. The van der Waals surface area contributed by atoms with Crippen LogP contribution in [0.1, 0.15) is 16.1 Å². The summed E-state index contributed by atoms with van der Waals surface area (Å²) in [6.45, 7) is 2.01. The third-order valence-corrected chi connectivity index (χ3v) is 3.63. The first kappa shape index (κ1) is 12.7. The molecule has 0 unspecified atom stereocenters. The molecule has 1 aliphatic heterocycles. The molecule has 1 amide bonds. The van der Waals surface area contributed by atoms with Gasteiger partial charge in [-0.25, -0.2) is 4.39 Å². The second kappa shape index (κ2) is 4.33. The lowest BCUT2D eigenvalue weighted by Crippen LogP contribution is -2.53. The second-order valence-corrected chi connectivity index (χ2v) is 4.92. The van der Waals surface area contributed by atoms with Crippen molar-refractivity contribution in [2.24, 2.45) is 5.92 Å². The number of carbonyl (C=O) groups is 2. The molecule has 104 valence electrons. The summed E-state index contributed by atoms with van der Waals surface area (Å²) in [6, 6.07) is 4.51. The van der Waals surface area contributed by atoms with E-state index in [0.29, 0.717) is 10.9 Å². The number of para-hydroxylation sites is 1. The maximum absolute atomic E-state index is 13.6. The summed E-state index contributed by atoms with van der Waals surface area (Å²) in [5, 5.41) is 9.36. The molecule has 1 N–H and O–H groups in total. The molecular weight excluding hydrogens is 265 g/mol. The Labute approximate surface area is 113 Å². The number of carboxylic acids is 1. The van der Waals surface area contributed by atoms with Gasteiger partial charge in [-0.3, -0.25) is 9.59 Å². The lowest BCUT2D eigenvalue weighted by Gasteiger charge is -2.36. The maximum Gasteiger partial charge on any atom is 0.310 e. The molecule has 2 aromatic rings. The number of halogens is 1. The van der Waals surface area contributed by atoms with E-state index in [9.17, 15) is 14.0 Å². The number of amides is 1. The fourth-order valence-corrected chi connectivity index (χ4v) is 2.36. The number of benzene rings is 1. The quantitative estimate of drug-likeness (QED) is 0.911. The van der Waals surface area contributed by atoms with Crippen LogP contribution in [0.15, 0.2) is 22.6 Å². The molecule has 0 saturated carbocycles. The van der Waals surface area contributed by atoms with Gasteiger partial charge in [-0.1, -0.05) is 12.1 Å². The number of aliphatic carboxylic acids is 1. The first-order chi connectivity index (χ1) is 9.49. The average Bonchev–Trinajstić information content (AvgIpc) is 2.66. The molecule has 0 radical (unpaired) electrons. The van der Waals surface area contributed by atoms with Crippen LogP contribution in [0.4, 0.5) is 4.39 Å². The minimum Gasteiger partial charge on any atom is -0.481 e. The van der Waals surface area contributed by atoms with Gasteiger partial charge in [0.05, 0.1) is 5.92 Å². The normalized spacial score (nSPS) is 15.4. The maximum atomic E-state index is 13.6. The van der Waals surface area contributed by atoms with Crippen molar-refractivity contribution in [3.63, 3.8) is 0 Å². The zero-order valence-electron chi connectivity index (χ0n) is 10.7. The van der Waals surface area contributed by atoms with Crippen LogP contribution in [0.3, 0.4) is 0 Å². The predicted molar refractivity (Wildman–Crippen MR) is 67.9 cm³/mol. The lowest BCUT2D eigenvalue weighted by molar-refractivity contribution is -0.146. The van der Waals surface area contributed by atoms with Crippen LogP contribution >= 0.6 is 0 Å². The van der Waals surface area contributed by atoms with E-state index in [1.807, 2.05) is 0 Å². The Kier molecular flexibility index (Phi) is 2.74. The molecule has 0 atom stereocenters. The molecule has 1 aromatic carbocycles. The molecule has 1 aliphatic rings. The van der Waals surface area contributed by atoms with Crippen molar-refractivity contribution in [1.82, 2.24) is 4.90 Å². The van der Waals surface area contributed by atoms with E-state index in [2.05, 4.69) is 0 Å². The smallest absolute Gasteiger partial charge is 0.310 e. The number of carboxylic acid groups (broad SMARTS) is 1. The first-order valence-electron chi connectivity index (χ1n) is 6.18. The first-order valence-corrected chi connectivity index (χ1v) is 6.18. The minimum atomic E-state index is -0.915. The average molecular weight is 277 g/mol. The molecule has 1 fully saturated rings. The fourth-order valence-electron chi connectivity index (χ4n) is 2.36. The van der Waals surface area contributed by atoms with Gasteiger partial charge >= 0.3 is 5.97 Å². The van der Waals surface area contributed by atoms with E-state index in [4.69, 9.17) is 9.52 Å². The summed E-state index contributed by atoms with van der Waals surface area (Å²) >= 11 is 0. The molecule has 1 saturated heterocycles. The van der Waals surface area contributed by atoms with Crippen molar-refractivity contribution in [3.05, 3.63) is 35.3 Å². The van der Waals surface area contributed by atoms with Crippen molar-refractivity contribution >= 4 is 22.8 Å². The van der Waals surface area contributed by atoms with Crippen molar-refractivity contribution < 1.29 is 23.5 Å². The van der Waals surface area contributed by atoms with E-state index >= 15 is 0 Å². The van der Waals surface area contributed by atoms with Gasteiger partial charge < -0.3 is 14.4 Å². The fraction of sp³-hybridized carbons (Fsp3) is 0.286. The van der Waals surface area contributed by atoms with Crippen LogP contribution in [0.25, 0.3) is 11.0 Å². The Bertz CT molecular complexity index is 715. The largest absolute Gasteiger partial charge is 0.481 e. The Hall–Kier alpha value is -2.37. The third kappa shape index (κ3) is 1.76. The van der Waals surface area contributed by atoms with Crippen molar-refractivity contribution in [2.75, 3.05) is 13.1 Å². The van der Waals surface area contributed by atoms with Gasteiger partial charge in [-0.15, -0.1) is 0 Å². The summed E-state index contributed by atoms with van der Waals surface area (Å²) in [5.41, 5.74) is 0.631. The number of rotatable bonds is 2. The zero-order valence-corrected chi connectivity index (χ0v) is 10.7. The number of fused-ring (bicyclic) bond motifs is 1. The van der Waals surface area contributed by atoms with Crippen molar-refractivity contribution in [3.8, 4) is 0 Å². The highest BCUT2D eigenvalue weighted by Gasteiger charge is 2.37. The van der Waals surface area contributed by atoms with Crippen molar-refractivity contribution in [2.45, 2.75) is 6.92 Å². The summed E-state index contributed by atoms with van der Waals surface area (Å²) in [5.74, 6) is -2.27. The van der Waals surface area contributed by atoms with Crippen LogP contribution in [-0.4, -0.2) is 35.0 Å². The van der Waals surface area contributed by atoms with Gasteiger partial charge in [0.15, 0.2) is 17.2 Å². The van der Waals surface area contributed by atoms with Gasteiger partial charge in [-0.2, -0.15) is 0 Å². The van der Waals surface area contributed by atoms with E-state index in [1.54, 1.807) is 19.1 Å². The molecule has 5 nitrogen and oxygen atoms in total. The van der Waals surface area contributed by atoms with Crippen LogP contribution in [-0.2, 0) is 4.79 Å². The van der Waals surface area contributed by atoms with Gasteiger partial charge in [0, 0.05) is 24.0 Å². The summed E-state index contributed by atoms with van der Waals surface area (Å²) in [4.78, 5) is 24.3. The minimum absolute atomic E-state index is 0.0589. The lowest BCUT2D eigenvalue weighted by atomic mass is 10.00. The monoisotopic (exact) mass is 277 g/mol. The number of aryl methyl sites for hydroxylation is 1. The Morgan fingerprint density at radius 3 is 2.70 bits per heavy atom. The van der Waals surface area contributed by atoms with E-state index in [0.717, 1.165) is 0 Å². The number of nitrogens with zero attached hydrogens (tertiary/aromatic N) is 1. The van der Waals surface area contributed by atoms with E-state index in [-0.39, 0.29) is 24.4 Å². The molecule has 3 rings (SSSR count). The molecule has 6 heteroatoms. The summed E-state index contributed by atoms with van der Waals surface area (Å²) < 4.78 is 18.9. The standard InChI is InChI=1S/C14H12FNO4/c1-7-9-3-2-4-10(15)12(9)20-11(7)13(17)16-5-8(6-16)14(18)19/h2-4,8H,5-6H2,1H3,(H,18,19). The molecule has 0 bridgehead atoms. The number of carbonyl (C=O) groups excluding carboxylic acids is 1. The summed E-state index contributed by atoms with van der Waals surface area (Å²) in [6.07, 6.45) is 0. The van der Waals surface area contributed by atoms with Gasteiger partial charge in [-0.05, 0) is 13.0 Å². The number of hydrogen-bond donors (Lipinski definition) is 1. The second-order valence-electron chi connectivity index (χ2n) is 4.92. The van der Waals surface area contributed by atoms with Gasteiger partial charge in [0.1, 0.15) is 0 Å². The molecule has 20 heavy (non-hydrogen) atoms. The predicted octanol–water partition coefficient (Wildman–Crippen LogP) is 2.04. The van der Waals surface area contributed by atoms with Gasteiger partial charge in [0.25, 0.3) is 5.91 Å². The van der Waals surface area contributed by atoms with Crippen LogP contribution < -0.4 is 0 Å². The highest BCUT2D eigenvalue weighted by molar-refractivity contribution is 5.99. The van der Waals surface area contributed by atoms with E-state index in [1.165, 1.54) is 11.0 Å². The van der Waals surface area contributed by atoms with Crippen LogP contribution in [0.5, 0.6) is 0 Å². The van der Waals surface area contributed by atoms with Gasteiger partial charge in [0.2, 0.25) is 0 Å². The molecule has 0 aliphatic carbocycles. The number of furan rings is 1. The molecular formula is C14H12FNO4. The highest BCUT2D eigenvalue weighted by Crippen LogP contribution is 2.29. The van der Waals surface area contributed by atoms with Crippen LogP contribution in [0, 0.1) is 18.7 Å². The Morgan fingerprint density at radius 2 is 2.10 bits per heavy atom. The topological polar surface area (TPSA) is 70.8 Å². The number of hydrogen-bond acceptors (Lipinski definition) is 3. The third-order valence-electron chi connectivity index (χ3n) is 3.63. The highest BCUT2D eigenvalue weighted by atomic mass is 19.1. The van der Waals surface area contributed by atoms with Crippen molar-refractivity contribution in [1.29, 1.82) is 0 Å². The molecule has 1 aromatic heterocycles. The van der Waals surface area contributed by atoms with Crippen LogP contribution in [0.2, 0.25) is 0 Å². The SMILES string of the molecule is Cc1c(C(=O)N2CC(C(=O)O)C2)oc2c(F)cccc12. The summed E-state index contributed by atoms with van der Waals surface area (Å²) in [7, 11) is 0.